The minimum absolute atomic E-state index is 0.222. The molecule has 0 saturated heterocycles. The van der Waals surface area contributed by atoms with Gasteiger partial charge in [0, 0.05) is 5.69 Å². The third kappa shape index (κ3) is 5.33. The molecule has 158 valence electrons. The lowest BCUT2D eigenvalue weighted by molar-refractivity contribution is -0.123. The van der Waals surface area contributed by atoms with Crippen molar-refractivity contribution in [3.63, 3.8) is 0 Å². The molecule has 1 unspecified atom stereocenters. The zero-order valence-corrected chi connectivity index (χ0v) is 16.7. The topological polar surface area (TPSA) is 85.9 Å². The number of carbonyl (C=O) groups is 2. The van der Waals surface area contributed by atoms with Crippen molar-refractivity contribution < 1.29 is 23.8 Å². The van der Waals surface area contributed by atoms with Gasteiger partial charge in [-0.25, -0.2) is 0 Å². The van der Waals surface area contributed by atoms with Crippen molar-refractivity contribution in [1.29, 1.82) is 0 Å². The fourth-order valence-corrected chi connectivity index (χ4v) is 3.09. The van der Waals surface area contributed by atoms with Crippen LogP contribution < -0.4 is 24.8 Å². The number of hydrogen-bond acceptors (Lipinski definition) is 5. The van der Waals surface area contributed by atoms with Gasteiger partial charge in [-0.3, -0.25) is 9.59 Å². The van der Waals surface area contributed by atoms with Crippen molar-refractivity contribution >= 4 is 17.5 Å². The molecule has 3 aromatic rings. The summed E-state index contributed by atoms with van der Waals surface area (Å²) >= 11 is 0. The molecule has 7 nitrogen and oxygen atoms in total. The highest BCUT2D eigenvalue weighted by Crippen LogP contribution is 2.30. The van der Waals surface area contributed by atoms with Gasteiger partial charge in [-0.15, -0.1) is 0 Å². The lowest BCUT2D eigenvalue weighted by Crippen LogP contribution is -2.42. The number of para-hydroxylation sites is 4. The van der Waals surface area contributed by atoms with Crippen molar-refractivity contribution in [2.45, 2.75) is 6.10 Å². The summed E-state index contributed by atoms with van der Waals surface area (Å²) in [4.78, 5) is 24.8. The molecule has 1 atom stereocenters. The number of carbonyl (C=O) groups excluding carboxylic acids is 2. The monoisotopic (exact) mass is 418 g/mol. The van der Waals surface area contributed by atoms with E-state index in [0.717, 1.165) is 0 Å². The third-order valence-corrected chi connectivity index (χ3v) is 4.62. The molecule has 0 saturated carbocycles. The second kappa shape index (κ2) is 9.67. The van der Waals surface area contributed by atoms with E-state index in [1.807, 2.05) is 42.5 Å². The van der Waals surface area contributed by atoms with E-state index >= 15 is 0 Å². The normalized spacial score (nSPS) is 14.4. The van der Waals surface area contributed by atoms with Gasteiger partial charge in [0.15, 0.2) is 18.1 Å². The molecule has 0 spiro atoms. The van der Waals surface area contributed by atoms with Gasteiger partial charge in [0.2, 0.25) is 0 Å². The summed E-state index contributed by atoms with van der Waals surface area (Å²) in [6.45, 7) is 0.410. The summed E-state index contributed by atoms with van der Waals surface area (Å²) in [6.07, 6.45) is -0.289. The Labute approximate surface area is 179 Å². The van der Waals surface area contributed by atoms with Gasteiger partial charge in [-0.2, -0.15) is 0 Å². The predicted molar refractivity (Wildman–Crippen MR) is 116 cm³/mol. The molecule has 1 aliphatic heterocycles. The maximum Gasteiger partial charge on any atom is 0.259 e. The average molecular weight is 418 g/mol. The van der Waals surface area contributed by atoms with Crippen LogP contribution in [0.25, 0.3) is 0 Å². The SMILES string of the molecule is O=C(COc1ccccc1C(=O)Nc1ccccc1)NCC1COc2ccccc2O1. The van der Waals surface area contributed by atoms with E-state index in [0.29, 0.717) is 35.1 Å². The number of benzene rings is 3. The first-order valence-electron chi connectivity index (χ1n) is 9.92. The second-order valence-electron chi connectivity index (χ2n) is 6.91. The Kier molecular flexibility index (Phi) is 6.32. The van der Waals surface area contributed by atoms with Crippen LogP contribution in [0.1, 0.15) is 10.4 Å². The Morgan fingerprint density at radius 1 is 0.903 bits per heavy atom. The van der Waals surface area contributed by atoms with Gasteiger partial charge in [0.05, 0.1) is 12.1 Å². The zero-order valence-electron chi connectivity index (χ0n) is 16.7. The van der Waals surface area contributed by atoms with Gasteiger partial charge in [-0.05, 0) is 36.4 Å². The van der Waals surface area contributed by atoms with Crippen LogP contribution in [-0.2, 0) is 4.79 Å². The van der Waals surface area contributed by atoms with Crippen LogP contribution in [0, 0.1) is 0 Å². The fraction of sp³-hybridized carbons (Fsp3) is 0.167. The maximum atomic E-state index is 12.6. The van der Waals surface area contributed by atoms with E-state index in [-0.39, 0.29) is 31.1 Å². The average Bonchev–Trinajstić information content (AvgIpc) is 2.82. The van der Waals surface area contributed by atoms with Crippen molar-refractivity contribution in [2.24, 2.45) is 0 Å². The molecule has 0 aliphatic carbocycles. The highest BCUT2D eigenvalue weighted by Gasteiger charge is 2.21. The molecule has 0 bridgehead atoms. The van der Waals surface area contributed by atoms with Gasteiger partial charge in [0.1, 0.15) is 18.5 Å². The molecule has 2 N–H and O–H groups in total. The van der Waals surface area contributed by atoms with E-state index < -0.39 is 0 Å². The Morgan fingerprint density at radius 2 is 1.61 bits per heavy atom. The molecule has 0 radical (unpaired) electrons. The van der Waals surface area contributed by atoms with Crippen molar-refractivity contribution in [1.82, 2.24) is 5.32 Å². The molecular weight excluding hydrogens is 396 g/mol. The standard InChI is InChI=1S/C24H22N2O5/c27-23(25-14-18-15-29-21-12-6-7-13-22(21)31-18)16-30-20-11-5-4-10-19(20)24(28)26-17-8-2-1-3-9-17/h1-13,18H,14-16H2,(H,25,27)(H,26,28). The first-order chi connectivity index (χ1) is 15.2. The summed E-state index contributed by atoms with van der Waals surface area (Å²) in [5, 5.41) is 5.59. The molecule has 0 fully saturated rings. The minimum Gasteiger partial charge on any atom is -0.486 e. The van der Waals surface area contributed by atoms with E-state index in [2.05, 4.69) is 10.6 Å². The van der Waals surface area contributed by atoms with Crippen LogP contribution in [-0.4, -0.2) is 37.7 Å². The maximum absolute atomic E-state index is 12.6. The first-order valence-corrected chi connectivity index (χ1v) is 9.92. The molecule has 1 heterocycles. The number of anilines is 1. The molecule has 4 rings (SSSR count). The van der Waals surface area contributed by atoms with Gasteiger partial charge in [-0.1, -0.05) is 42.5 Å². The second-order valence-corrected chi connectivity index (χ2v) is 6.91. The number of hydrogen-bond donors (Lipinski definition) is 2. The Morgan fingerprint density at radius 3 is 2.45 bits per heavy atom. The fourth-order valence-electron chi connectivity index (χ4n) is 3.09. The molecule has 31 heavy (non-hydrogen) atoms. The van der Waals surface area contributed by atoms with Crippen LogP contribution >= 0.6 is 0 Å². The van der Waals surface area contributed by atoms with Gasteiger partial charge in [0.25, 0.3) is 11.8 Å². The zero-order chi connectivity index (χ0) is 21.5. The molecule has 7 heteroatoms. The van der Waals surface area contributed by atoms with E-state index in [9.17, 15) is 9.59 Å². The van der Waals surface area contributed by atoms with Crippen molar-refractivity contribution in [2.75, 3.05) is 25.1 Å². The molecule has 2 amide bonds. The molecular formula is C24H22N2O5. The third-order valence-electron chi connectivity index (χ3n) is 4.62. The van der Waals surface area contributed by atoms with E-state index in [1.54, 1.807) is 36.4 Å². The molecule has 3 aromatic carbocycles. The van der Waals surface area contributed by atoms with E-state index in [1.165, 1.54) is 0 Å². The number of ether oxygens (including phenoxy) is 3. The Bertz CT molecular complexity index is 1050. The highest BCUT2D eigenvalue weighted by molar-refractivity contribution is 6.06. The number of nitrogens with one attached hydrogen (secondary N) is 2. The number of amides is 2. The summed E-state index contributed by atoms with van der Waals surface area (Å²) < 4.78 is 17.1. The number of fused-ring (bicyclic) bond motifs is 1. The Balaban J connectivity index is 1.28. The van der Waals surface area contributed by atoms with Gasteiger partial charge < -0.3 is 24.8 Å². The first kappa shape index (κ1) is 20.3. The summed E-state index contributed by atoms with van der Waals surface area (Å²) in [7, 11) is 0. The lowest BCUT2D eigenvalue weighted by Gasteiger charge is -2.26. The minimum atomic E-state index is -0.319. The van der Waals surface area contributed by atoms with Crippen LogP contribution in [0.3, 0.4) is 0 Å². The predicted octanol–water partition coefficient (Wildman–Crippen LogP) is 3.27. The quantitative estimate of drug-likeness (QED) is 0.615. The van der Waals surface area contributed by atoms with Crippen molar-refractivity contribution in [3.05, 3.63) is 84.4 Å². The van der Waals surface area contributed by atoms with Gasteiger partial charge >= 0.3 is 0 Å². The molecule has 1 aliphatic rings. The summed E-state index contributed by atoms with van der Waals surface area (Å²) in [5.41, 5.74) is 1.02. The highest BCUT2D eigenvalue weighted by atomic mass is 16.6. The lowest BCUT2D eigenvalue weighted by atomic mass is 10.2. The van der Waals surface area contributed by atoms with E-state index in [4.69, 9.17) is 14.2 Å². The summed E-state index contributed by atoms with van der Waals surface area (Å²) in [5.74, 6) is 1.05. The van der Waals surface area contributed by atoms with Crippen LogP contribution in [0.5, 0.6) is 17.2 Å². The van der Waals surface area contributed by atoms with Crippen molar-refractivity contribution in [3.8, 4) is 17.2 Å². The van der Waals surface area contributed by atoms with Crippen LogP contribution in [0.2, 0.25) is 0 Å². The smallest absolute Gasteiger partial charge is 0.259 e. The Hall–Kier alpha value is -4.00. The van der Waals surface area contributed by atoms with Crippen LogP contribution in [0.4, 0.5) is 5.69 Å². The number of rotatable bonds is 7. The summed E-state index contributed by atoms with van der Waals surface area (Å²) in [6, 6.07) is 23.3. The largest absolute Gasteiger partial charge is 0.486 e. The van der Waals surface area contributed by atoms with Crippen LogP contribution in [0.15, 0.2) is 78.9 Å². The molecule has 0 aromatic heterocycles.